The molecule has 0 bridgehead atoms. The molecule has 0 atom stereocenters. The Balaban J connectivity index is 1.21. The van der Waals surface area contributed by atoms with Crippen molar-refractivity contribution in [2.45, 2.75) is 19.4 Å². The summed E-state index contributed by atoms with van der Waals surface area (Å²) in [5.41, 5.74) is 1.63. The van der Waals surface area contributed by atoms with Gasteiger partial charge in [0.2, 0.25) is 0 Å². The molecule has 1 saturated heterocycles. The maximum Gasteiger partial charge on any atom is 0.263 e. The lowest BCUT2D eigenvalue weighted by molar-refractivity contribution is 0.0939. The number of nitrogens with one attached hydrogen (secondary N) is 1. The van der Waals surface area contributed by atoms with Gasteiger partial charge in [-0.3, -0.25) is 9.69 Å². The third-order valence-corrected chi connectivity index (χ3v) is 7.22. The maximum atomic E-state index is 13.9. The predicted molar refractivity (Wildman–Crippen MR) is 126 cm³/mol. The molecule has 0 saturated carbocycles. The van der Waals surface area contributed by atoms with Gasteiger partial charge in [0.15, 0.2) is 0 Å². The smallest absolute Gasteiger partial charge is 0.263 e. The number of thiophene rings is 1. The molecule has 1 fully saturated rings. The Hall–Kier alpha value is -3.03. The maximum absolute atomic E-state index is 13.9. The first-order chi connectivity index (χ1) is 15.7. The molecule has 0 unspecified atom stereocenters. The largest absolute Gasteiger partial charge is 0.351 e. The summed E-state index contributed by atoms with van der Waals surface area (Å²) in [5.74, 6) is 0.238. The van der Waals surface area contributed by atoms with E-state index >= 15 is 0 Å². The van der Waals surface area contributed by atoms with Crippen LogP contribution in [0.4, 0.5) is 4.39 Å². The zero-order valence-corrected chi connectivity index (χ0v) is 18.5. The number of halogens is 1. The van der Waals surface area contributed by atoms with E-state index in [4.69, 9.17) is 0 Å². The molecule has 0 radical (unpaired) electrons. The quantitative estimate of drug-likeness (QED) is 0.458. The Kier molecular flexibility index (Phi) is 6.01. The third-order valence-electron chi connectivity index (χ3n) is 6.12. The van der Waals surface area contributed by atoms with Crippen LogP contribution in [0.3, 0.4) is 0 Å². The normalized spacial score (nSPS) is 15.3. The van der Waals surface area contributed by atoms with Crippen LogP contribution in [0.1, 0.15) is 28.1 Å². The number of rotatable bonds is 6. The summed E-state index contributed by atoms with van der Waals surface area (Å²) in [5, 5.41) is 4.14. The fourth-order valence-electron chi connectivity index (χ4n) is 4.35. The van der Waals surface area contributed by atoms with Crippen molar-refractivity contribution >= 4 is 27.5 Å². The second-order valence-electron chi connectivity index (χ2n) is 8.25. The summed E-state index contributed by atoms with van der Waals surface area (Å²) in [7, 11) is 0. The molecule has 3 aromatic heterocycles. The summed E-state index contributed by atoms with van der Waals surface area (Å²) in [4.78, 5) is 21.4. The van der Waals surface area contributed by atoms with Gasteiger partial charge in [-0.1, -0.05) is 18.2 Å². The lowest BCUT2D eigenvalue weighted by Crippen LogP contribution is -2.38. The molecule has 1 aliphatic rings. The van der Waals surface area contributed by atoms with E-state index in [1.165, 1.54) is 17.4 Å². The number of fused-ring (bicyclic) bond motifs is 1. The third kappa shape index (κ3) is 4.31. The van der Waals surface area contributed by atoms with E-state index in [0.29, 0.717) is 23.9 Å². The van der Waals surface area contributed by atoms with E-state index in [9.17, 15) is 9.18 Å². The van der Waals surface area contributed by atoms with Gasteiger partial charge in [-0.25, -0.2) is 9.37 Å². The molecule has 1 aliphatic heterocycles. The summed E-state index contributed by atoms with van der Waals surface area (Å²) in [6.07, 6.45) is 7.66. The number of piperidine rings is 1. The SMILES string of the molecule is O=C(NCC1CCN(Cc2ccccc2F)CC1)c1sc2ncccc2c1-n1cccc1. The van der Waals surface area contributed by atoms with Crippen molar-refractivity contribution in [2.24, 2.45) is 5.92 Å². The van der Waals surface area contributed by atoms with E-state index in [2.05, 4.69) is 15.2 Å². The monoisotopic (exact) mass is 448 g/mol. The molecule has 164 valence electrons. The molecule has 5 nitrogen and oxygen atoms in total. The van der Waals surface area contributed by atoms with Gasteiger partial charge in [0, 0.05) is 42.6 Å². The van der Waals surface area contributed by atoms with E-state index in [1.807, 2.05) is 53.4 Å². The van der Waals surface area contributed by atoms with Crippen molar-refractivity contribution in [3.05, 3.63) is 83.4 Å². The zero-order valence-electron chi connectivity index (χ0n) is 17.7. The number of carbonyl (C=O) groups is 1. The molecule has 5 rings (SSSR count). The first-order valence-corrected chi connectivity index (χ1v) is 11.8. The van der Waals surface area contributed by atoms with E-state index in [1.54, 1.807) is 12.3 Å². The van der Waals surface area contributed by atoms with Crippen molar-refractivity contribution in [3.8, 4) is 5.69 Å². The van der Waals surface area contributed by atoms with Gasteiger partial charge in [0.25, 0.3) is 5.91 Å². The minimum Gasteiger partial charge on any atom is -0.351 e. The highest BCUT2D eigenvalue weighted by Crippen LogP contribution is 2.33. The van der Waals surface area contributed by atoms with Crippen LogP contribution in [-0.2, 0) is 6.54 Å². The van der Waals surface area contributed by atoms with Crippen LogP contribution in [0.15, 0.2) is 67.1 Å². The Bertz CT molecular complexity index is 1210. The molecule has 32 heavy (non-hydrogen) atoms. The van der Waals surface area contributed by atoms with Gasteiger partial charge < -0.3 is 9.88 Å². The molecular weight excluding hydrogens is 423 g/mol. The summed E-state index contributed by atoms with van der Waals surface area (Å²) in [6.45, 7) is 3.12. The number of amides is 1. The molecule has 4 aromatic rings. The second kappa shape index (κ2) is 9.22. The molecule has 1 amide bonds. The van der Waals surface area contributed by atoms with Crippen LogP contribution < -0.4 is 5.32 Å². The van der Waals surface area contributed by atoms with Crippen LogP contribution in [0.5, 0.6) is 0 Å². The number of benzene rings is 1. The van der Waals surface area contributed by atoms with Gasteiger partial charge in [-0.05, 0) is 62.2 Å². The van der Waals surface area contributed by atoms with E-state index < -0.39 is 0 Å². The Morgan fingerprint density at radius 1 is 1.09 bits per heavy atom. The minimum atomic E-state index is -0.141. The van der Waals surface area contributed by atoms with Crippen molar-refractivity contribution in [3.63, 3.8) is 0 Å². The highest BCUT2D eigenvalue weighted by Gasteiger charge is 2.23. The van der Waals surface area contributed by atoms with Crippen LogP contribution >= 0.6 is 11.3 Å². The number of carbonyl (C=O) groups excluding carboxylic acids is 1. The van der Waals surface area contributed by atoms with Crippen molar-refractivity contribution in [2.75, 3.05) is 19.6 Å². The van der Waals surface area contributed by atoms with Crippen molar-refractivity contribution in [1.82, 2.24) is 19.8 Å². The zero-order chi connectivity index (χ0) is 21.9. The number of hydrogen-bond acceptors (Lipinski definition) is 4. The predicted octanol–water partition coefficient (Wildman–Crippen LogP) is 4.87. The van der Waals surface area contributed by atoms with Crippen LogP contribution in [0.25, 0.3) is 15.9 Å². The molecule has 1 aromatic carbocycles. The lowest BCUT2D eigenvalue weighted by atomic mass is 9.96. The van der Waals surface area contributed by atoms with Crippen LogP contribution in [-0.4, -0.2) is 40.0 Å². The standard InChI is InChI=1S/C25H25FN4OS/c26-21-8-2-1-6-19(21)17-29-14-9-18(10-15-29)16-28-24(31)23-22(30-12-3-4-13-30)20-7-5-11-27-25(20)32-23/h1-8,11-13,18H,9-10,14-17H2,(H,28,31). The fourth-order valence-corrected chi connectivity index (χ4v) is 5.41. The summed E-state index contributed by atoms with van der Waals surface area (Å²) >= 11 is 1.43. The average Bonchev–Trinajstić information content (AvgIpc) is 3.47. The Morgan fingerprint density at radius 3 is 2.66 bits per heavy atom. The molecule has 0 aliphatic carbocycles. The average molecular weight is 449 g/mol. The first-order valence-electron chi connectivity index (χ1n) is 10.9. The first kappa shape index (κ1) is 20.8. The number of likely N-dealkylation sites (tertiary alicyclic amines) is 1. The van der Waals surface area contributed by atoms with E-state index in [-0.39, 0.29) is 11.7 Å². The summed E-state index contributed by atoms with van der Waals surface area (Å²) in [6, 6.07) is 14.8. The highest BCUT2D eigenvalue weighted by atomic mass is 32.1. The van der Waals surface area contributed by atoms with Crippen LogP contribution in [0.2, 0.25) is 0 Å². The lowest BCUT2D eigenvalue weighted by Gasteiger charge is -2.32. The highest BCUT2D eigenvalue weighted by molar-refractivity contribution is 7.21. The van der Waals surface area contributed by atoms with Crippen LogP contribution in [0, 0.1) is 11.7 Å². The summed E-state index contributed by atoms with van der Waals surface area (Å²) < 4.78 is 15.9. The minimum absolute atomic E-state index is 0.0505. The Labute approximate surface area is 190 Å². The van der Waals surface area contributed by atoms with Crippen molar-refractivity contribution < 1.29 is 9.18 Å². The van der Waals surface area contributed by atoms with Gasteiger partial charge >= 0.3 is 0 Å². The topological polar surface area (TPSA) is 50.2 Å². The van der Waals surface area contributed by atoms with Gasteiger partial charge in [0.1, 0.15) is 15.5 Å². The fraction of sp³-hybridized carbons (Fsp3) is 0.280. The van der Waals surface area contributed by atoms with Gasteiger partial charge in [-0.2, -0.15) is 0 Å². The van der Waals surface area contributed by atoms with Gasteiger partial charge in [0.05, 0.1) is 5.69 Å². The number of hydrogen-bond donors (Lipinski definition) is 1. The number of nitrogens with zero attached hydrogens (tertiary/aromatic N) is 3. The van der Waals surface area contributed by atoms with Crippen molar-refractivity contribution in [1.29, 1.82) is 0 Å². The Morgan fingerprint density at radius 2 is 1.88 bits per heavy atom. The van der Waals surface area contributed by atoms with E-state index in [0.717, 1.165) is 47.4 Å². The number of aromatic nitrogens is 2. The molecule has 0 spiro atoms. The number of pyridine rings is 1. The molecule has 4 heterocycles. The van der Waals surface area contributed by atoms with Gasteiger partial charge in [-0.15, -0.1) is 11.3 Å². The molecule has 1 N–H and O–H groups in total. The second-order valence-corrected chi connectivity index (χ2v) is 9.25. The molecular formula is C25H25FN4OS. The molecule has 7 heteroatoms.